The third-order valence-corrected chi connectivity index (χ3v) is 4.02. The number of ether oxygens (including phenoxy) is 1. The summed E-state index contributed by atoms with van der Waals surface area (Å²) in [6.45, 7) is 1.69. The van der Waals surface area contributed by atoms with E-state index in [-0.39, 0.29) is 5.60 Å². The van der Waals surface area contributed by atoms with Crippen molar-refractivity contribution in [1.82, 2.24) is 10.5 Å². The minimum Gasteiger partial charge on any atom is -0.370 e. The molecule has 1 saturated carbocycles. The molecule has 0 radical (unpaired) electrons. The van der Waals surface area contributed by atoms with Gasteiger partial charge in [0, 0.05) is 19.2 Å². The summed E-state index contributed by atoms with van der Waals surface area (Å²) in [6, 6.07) is 1.89. The first-order valence-electron chi connectivity index (χ1n) is 6.64. The maximum atomic E-state index is 6.22. The molecule has 1 unspecified atom stereocenters. The summed E-state index contributed by atoms with van der Waals surface area (Å²) in [7, 11) is 0. The predicted molar refractivity (Wildman–Crippen MR) is 63.5 cm³/mol. The number of aromatic nitrogens is 1. The SMILES string of the molecule is c1cc(CNCC2CCC3(CCCC3)O2)no1. The van der Waals surface area contributed by atoms with E-state index in [9.17, 15) is 0 Å². The first kappa shape index (κ1) is 11.2. The van der Waals surface area contributed by atoms with Crippen LogP contribution >= 0.6 is 0 Å². The summed E-state index contributed by atoms with van der Waals surface area (Å²) >= 11 is 0. The van der Waals surface area contributed by atoms with Crippen molar-refractivity contribution in [1.29, 1.82) is 0 Å². The van der Waals surface area contributed by atoms with Crippen LogP contribution in [0.2, 0.25) is 0 Å². The highest BCUT2D eigenvalue weighted by molar-refractivity contribution is 4.96. The van der Waals surface area contributed by atoms with Crippen molar-refractivity contribution in [3.05, 3.63) is 18.0 Å². The van der Waals surface area contributed by atoms with Crippen LogP contribution in [0.25, 0.3) is 0 Å². The first-order chi connectivity index (χ1) is 8.36. The van der Waals surface area contributed by atoms with Gasteiger partial charge in [-0.25, -0.2) is 0 Å². The standard InChI is InChI=1S/C13H20N2O2/c1-2-6-13(5-1)7-3-12(17-13)10-14-9-11-4-8-16-15-11/h4,8,12,14H,1-3,5-7,9-10H2. The Morgan fingerprint density at radius 1 is 1.35 bits per heavy atom. The van der Waals surface area contributed by atoms with Crippen LogP contribution < -0.4 is 5.32 Å². The second kappa shape index (κ2) is 4.78. The van der Waals surface area contributed by atoms with Gasteiger partial charge in [-0.1, -0.05) is 18.0 Å². The van der Waals surface area contributed by atoms with E-state index < -0.39 is 0 Å². The Bertz CT molecular complexity index is 344. The normalized spacial score (nSPS) is 26.9. The molecule has 3 rings (SSSR count). The lowest BCUT2D eigenvalue weighted by Gasteiger charge is -2.23. The second-order valence-corrected chi connectivity index (χ2v) is 5.29. The van der Waals surface area contributed by atoms with E-state index in [4.69, 9.17) is 9.26 Å². The highest BCUT2D eigenvalue weighted by Gasteiger charge is 2.41. The monoisotopic (exact) mass is 236 g/mol. The van der Waals surface area contributed by atoms with E-state index in [0.717, 1.165) is 18.8 Å². The molecule has 1 aromatic rings. The van der Waals surface area contributed by atoms with Crippen molar-refractivity contribution in [3.8, 4) is 0 Å². The van der Waals surface area contributed by atoms with Crippen LogP contribution in [0.15, 0.2) is 16.9 Å². The molecule has 1 spiro atoms. The third kappa shape index (κ3) is 2.53. The Labute approximate surface area is 102 Å². The lowest BCUT2D eigenvalue weighted by molar-refractivity contribution is -0.0352. The Morgan fingerprint density at radius 2 is 2.24 bits per heavy atom. The molecule has 1 atom stereocenters. The van der Waals surface area contributed by atoms with Crippen LogP contribution in [-0.2, 0) is 11.3 Å². The first-order valence-corrected chi connectivity index (χ1v) is 6.64. The van der Waals surface area contributed by atoms with E-state index in [1.807, 2.05) is 6.07 Å². The summed E-state index contributed by atoms with van der Waals surface area (Å²) in [5.74, 6) is 0. The molecule has 2 heterocycles. The smallest absolute Gasteiger partial charge is 0.124 e. The summed E-state index contributed by atoms with van der Waals surface area (Å²) < 4.78 is 11.0. The molecule has 2 aliphatic rings. The Hall–Kier alpha value is -0.870. The quantitative estimate of drug-likeness (QED) is 0.871. The van der Waals surface area contributed by atoms with Crippen LogP contribution in [0.5, 0.6) is 0 Å². The number of hydrogen-bond acceptors (Lipinski definition) is 4. The van der Waals surface area contributed by atoms with Gasteiger partial charge in [-0.05, 0) is 25.7 Å². The van der Waals surface area contributed by atoms with Gasteiger partial charge in [-0.15, -0.1) is 0 Å². The van der Waals surface area contributed by atoms with Gasteiger partial charge in [0.25, 0.3) is 0 Å². The third-order valence-electron chi connectivity index (χ3n) is 4.02. The minimum atomic E-state index is 0.250. The zero-order valence-corrected chi connectivity index (χ0v) is 10.2. The van der Waals surface area contributed by atoms with Crippen molar-refractivity contribution in [2.75, 3.05) is 6.54 Å². The summed E-state index contributed by atoms with van der Waals surface area (Å²) in [5, 5.41) is 7.26. The average molecular weight is 236 g/mol. The van der Waals surface area contributed by atoms with Gasteiger partial charge in [0.05, 0.1) is 17.4 Å². The van der Waals surface area contributed by atoms with Crippen molar-refractivity contribution in [3.63, 3.8) is 0 Å². The highest BCUT2D eigenvalue weighted by atomic mass is 16.5. The van der Waals surface area contributed by atoms with E-state index >= 15 is 0 Å². The Morgan fingerprint density at radius 3 is 3.00 bits per heavy atom. The van der Waals surface area contributed by atoms with E-state index in [2.05, 4.69) is 10.5 Å². The molecule has 94 valence electrons. The fourth-order valence-corrected chi connectivity index (χ4v) is 3.12. The zero-order valence-electron chi connectivity index (χ0n) is 10.2. The topological polar surface area (TPSA) is 47.3 Å². The molecule has 1 aliphatic heterocycles. The van der Waals surface area contributed by atoms with Gasteiger partial charge in [-0.2, -0.15) is 0 Å². The summed E-state index contributed by atoms with van der Waals surface area (Å²) in [4.78, 5) is 0. The van der Waals surface area contributed by atoms with Gasteiger partial charge in [-0.3, -0.25) is 0 Å². The number of nitrogens with zero attached hydrogens (tertiary/aromatic N) is 1. The van der Waals surface area contributed by atoms with Gasteiger partial charge in [0.15, 0.2) is 0 Å². The fourth-order valence-electron chi connectivity index (χ4n) is 3.12. The van der Waals surface area contributed by atoms with Crippen LogP contribution in [0.3, 0.4) is 0 Å². The molecular formula is C13H20N2O2. The molecule has 1 saturated heterocycles. The summed E-state index contributed by atoms with van der Waals surface area (Å²) in [6.07, 6.45) is 9.68. The molecule has 1 N–H and O–H groups in total. The lowest BCUT2D eigenvalue weighted by atomic mass is 9.98. The molecule has 0 amide bonds. The van der Waals surface area contributed by atoms with Gasteiger partial charge in [0.1, 0.15) is 6.26 Å². The Balaban J connectivity index is 1.42. The average Bonchev–Trinajstić information content (AvgIpc) is 3.04. The maximum Gasteiger partial charge on any atom is 0.124 e. The number of nitrogens with one attached hydrogen (secondary N) is 1. The van der Waals surface area contributed by atoms with Crippen LogP contribution in [-0.4, -0.2) is 23.4 Å². The molecule has 2 fully saturated rings. The molecule has 0 aromatic carbocycles. The molecular weight excluding hydrogens is 216 g/mol. The van der Waals surface area contributed by atoms with Crippen molar-refractivity contribution in [2.24, 2.45) is 0 Å². The number of rotatable bonds is 4. The van der Waals surface area contributed by atoms with Crippen molar-refractivity contribution < 1.29 is 9.26 Å². The van der Waals surface area contributed by atoms with E-state index in [0.29, 0.717) is 6.10 Å². The predicted octanol–water partition coefficient (Wildman–Crippen LogP) is 2.26. The van der Waals surface area contributed by atoms with Crippen LogP contribution in [0.4, 0.5) is 0 Å². The molecule has 4 heteroatoms. The number of hydrogen-bond donors (Lipinski definition) is 1. The highest BCUT2D eigenvalue weighted by Crippen LogP contribution is 2.43. The molecule has 4 nitrogen and oxygen atoms in total. The van der Waals surface area contributed by atoms with Gasteiger partial charge < -0.3 is 14.6 Å². The summed E-state index contributed by atoms with van der Waals surface area (Å²) in [5.41, 5.74) is 1.21. The van der Waals surface area contributed by atoms with E-state index in [1.165, 1.54) is 38.5 Å². The van der Waals surface area contributed by atoms with Crippen LogP contribution in [0.1, 0.15) is 44.2 Å². The maximum absolute atomic E-state index is 6.22. The molecule has 17 heavy (non-hydrogen) atoms. The molecule has 1 aliphatic carbocycles. The van der Waals surface area contributed by atoms with Gasteiger partial charge >= 0.3 is 0 Å². The molecule has 1 aromatic heterocycles. The fraction of sp³-hybridized carbons (Fsp3) is 0.769. The van der Waals surface area contributed by atoms with Crippen molar-refractivity contribution in [2.45, 2.75) is 56.8 Å². The second-order valence-electron chi connectivity index (χ2n) is 5.29. The van der Waals surface area contributed by atoms with Crippen molar-refractivity contribution >= 4 is 0 Å². The van der Waals surface area contributed by atoms with Gasteiger partial charge in [0.2, 0.25) is 0 Å². The zero-order chi connectivity index (χ0) is 11.6. The molecule has 0 bridgehead atoms. The largest absolute Gasteiger partial charge is 0.370 e. The lowest BCUT2D eigenvalue weighted by Crippen LogP contribution is -2.30. The minimum absolute atomic E-state index is 0.250. The van der Waals surface area contributed by atoms with Crippen LogP contribution in [0, 0.1) is 0 Å². The van der Waals surface area contributed by atoms with E-state index in [1.54, 1.807) is 6.26 Å². The Kier molecular flexibility index (Phi) is 3.16.